The zero-order chi connectivity index (χ0) is 66.5. The molecule has 0 aliphatic heterocycles. The van der Waals surface area contributed by atoms with E-state index in [1.807, 2.05) is 12.1 Å². The molecule has 490 valence electrons. The second kappa shape index (κ2) is 30.4. The highest BCUT2D eigenvalue weighted by atomic mass is 32.2. The van der Waals surface area contributed by atoms with Crippen LogP contribution in [-0.4, -0.2) is 31.2 Å². The van der Waals surface area contributed by atoms with Gasteiger partial charge in [-0.25, -0.2) is 4.79 Å². The predicted molar refractivity (Wildman–Crippen MR) is 289 cm³/mol. The van der Waals surface area contributed by atoms with E-state index in [0.717, 1.165) is 12.2 Å². The lowest BCUT2D eigenvalue weighted by atomic mass is 9.12. The van der Waals surface area contributed by atoms with Gasteiger partial charge in [-0.2, -0.15) is 127 Å². The van der Waals surface area contributed by atoms with Gasteiger partial charge in [0.2, 0.25) is 0 Å². The molecule has 0 fully saturated rings. The summed E-state index contributed by atoms with van der Waals surface area (Å²) in [6.07, 6.45) is -28.6. The number of alkyl halides is 24. The molecule has 0 aliphatic rings. The molecule has 88 heavy (non-hydrogen) atoms. The third kappa shape index (κ3) is 22.1. The van der Waals surface area contributed by atoms with Gasteiger partial charge in [-0.1, -0.05) is 164 Å². The predicted octanol–water partition coefficient (Wildman–Crippen LogP) is 19.7. The Bertz CT molecular complexity index is 2580. The summed E-state index contributed by atoms with van der Waals surface area (Å²) in [5.74, 6) is 0.897. The number of hydrogen-bond donors (Lipinski definition) is 0. The first-order chi connectivity index (χ1) is 40.4. The number of esters is 1. The van der Waals surface area contributed by atoms with E-state index in [1.54, 1.807) is 0 Å². The van der Waals surface area contributed by atoms with Gasteiger partial charge in [0.1, 0.15) is 11.9 Å². The van der Waals surface area contributed by atoms with Crippen molar-refractivity contribution in [2.24, 2.45) is 0 Å². The number of benzene rings is 5. The molecule has 0 amide bonds. The molecule has 5 aromatic rings. The zero-order valence-corrected chi connectivity index (χ0v) is 48.2. The summed E-state index contributed by atoms with van der Waals surface area (Å²) in [6.45, 7) is 2.83. The van der Waals surface area contributed by atoms with Crippen LogP contribution in [0.5, 0.6) is 0 Å². The fourth-order valence-electron chi connectivity index (χ4n) is 10.0. The van der Waals surface area contributed by atoms with E-state index in [9.17, 15) is 110 Å². The highest BCUT2D eigenvalue weighted by Gasteiger charge is 2.47. The molecule has 0 unspecified atom stereocenters. The Balaban J connectivity index is 0.000000451. The molecule has 0 atom stereocenters. The van der Waals surface area contributed by atoms with Gasteiger partial charge in [0.25, 0.3) is 0 Å². The van der Waals surface area contributed by atoms with Crippen LogP contribution in [0.2, 0.25) is 0 Å². The number of ether oxygens (including phenoxy) is 1. The molecule has 28 heteroatoms. The number of carbonyl (C=O) groups excluding carboxylic acids is 1. The van der Waals surface area contributed by atoms with E-state index in [0.29, 0.717) is 23.1 Å². The summed E-state index contributed by atoms with van der Waals surface area (Å²) in [6, 6.07) is -0.901. The van der Waals surface area contributed by atoms with E-state index in [4.69, 9.17) is 4.74 Å². The number of carbonyl (C=O) groups is 1. The number of halogens is 24. The summed E-state index contributed by atoms with van der Waals surface area (Å²) in [5.41, 5.74) is -28.2. The molecule has 0 bridgehead atoms. The Morgan fingerprint density at radius 2 is 0.557 bits per heavy atom. The van der Waals surface area contributed by atoms with Crippen molar-refractivity contribution in [1.82, 2.24) is 0 Å². The smallest absolute Gasteiger partial charge is 0.416 e. The summed E-state index contributed by atoms with van der Waals surface area (Å²) in [4.78, 5) is 12.1. The summed E-state index contributed by atoms with van der Waals surface area (Å²) >= 11 is 0. The minimum Gasteiger partial charge on any atom is -0.462 e. The van der Waals surface area contributed by atoms with Crippen LogP contribution in [0.3, 0.4) is 0 Å². The van der Waals surface area contributed by atoms with E-state index < -0.39 is 195 Å². The fourth-order valence-corrected chi connectivity index (χ4v) is 10.9. The Morgan fingerprint density at radius 3 is 0.761 bits per heavy atom. The van der Waals surface area contributed by atoms with Gasteiger partial charge in [0.05, 0.1) is 69.2 Å². The molecule has 0 saturated heterocycles. The first-order valence-electron chi connectivity index (χ1n) is 27.6. The van der Waals surface area contributed by atoms with E-state index in [1.165, 1.54) is 102 Å². The first kappa shape index (κ1) is 74.8. The normalized spacial score (nSPS) is 13.2. The minimum atomic E-state index is -6.13. The van der Waals surface area contributed by atoms with Crippen molar-refractivity contribution in [2.45, 2.75) is 165 Å². The topological polar surface area (TPSA) is 26.3 Å². The standard InChI is InChI=1S/C32H12BF24.C28H49O2S/c34-25(35,36)13-1-14(26(37,38)39)6-21(5-13)33(22-7-15(27(40,41)42)2-16(8-22)28(43,44)45,23-9-17(29(46,47)48)3-18(10-23)30(49,50)51)24-11-19(31(52,53)54)4-20(12-24)32(55,56)57;1-4-5-6-7-8-9-10-11-12-13-14-15-16-17-18-19-24-30-28(29)27-22-20-26(21-23-27)25-31(2)3/h1-12H;20-23H,4-19,24-25H2,1-3H3/q-1;+1. The first-order valence-corrected chi connectivity index (χ1v) is 29.8. The van der Waals surface area contributed by atoms with Crippen LogP contribution in [0, 0.1) is 0 Å². The van der Waals surface area contributed by atoms with Crippen molar-refractivity contribution in [3.8, 4) is 0 Å². The average molecular weight is 1310 g/mol. The van der Waals surface area contributed by atoms with Crippen molar-refractivity contribution < 1.29 is 115 Å². The SMILES string of the molecule is CCCCCCCCCCCCCCCCCCOC(=O)c1ccc(C[S+](C)C)cc1.FC(F)(F)c1cc([B-](c2cc(C(F)(F)F)cc(C(F)(F)F)c2)(c2cc(C(F)(F)F)cc(C(F)(F)F)c2)c2cc(C(F)(F)F)cc(C(F)(F)F)c2)cc(C(F)(F)F)c1. The average Bonchev–Trinajstić information content (AvgIpc) is 0.712. The molecule has 0 N–H and O–H groups in total. The molecule has 0 radical (unpaired) electrons. The molecule has 0 heterocycles. The molecule has 5 rings (SSSR count). The molecule has 0 aromatic heterocycles. The van der Waals surface area contributed by atoms with Gasteiger partial charge in [-0.15, -0.1) is 0 Å². The summed E-state index contributed by atoms with van der Waals surface area (Å²) in [7, 11) is 0.385. The second-order valence-corrected chi connectivity index (χ2v) is 23.7. The van der Waals surface area contributed by atoms with Crippen LogP contribution in [0.4, 0.5) is 105 Å². The third-order valence-corrected chi connectivity index (χ3v) is 15.2. The lowest BCUT2D eigenvalue weighted by molar-refractivity contribution is -0.144. The van der Waals surface area contributed by atoms with Crippen molar-refractivity contribution in [1.29, 1.82) is 0 Å². The van der Waals surface area contributed by atoms with Crippen LogP contribution in [0.25, 0.3) is 0 Å². The molecule has 0 aliphatic carbocycles. The van der Waals surface area contributed by atoms with Crippen molar-refractivity contribution >= 4 is 44.9 Å². The molecule has 5 aromatic carbocycles. The summed E-state index contributed by atoms with van der Waals surface area (Å²) in [5, 5.41) is 0. The van der Waals surface area contributed by atoms with E-state index in [-0.39, 0.29) is 5.97 Å². The van der Waals surface area contributed by atoms with Crippen LogP contribution < -0.4 is 21.9 Å². The number of rotatable bonds is 24. The zero-order valence-electron chi connectivity index (χ0n) is 47.3. The Labute approximate surface area is 495 Å². The molecule has 0 spiro atoms. The van der Waals surface area contributed by atoms with Crippen LogP contribution in [-0.2, 0) is 70.8 Å². The van der Waals surface area contributed by atoms with E-state index in [2.05, 4.69) is 31.6 Å². The van der Waals surface area contributed by atoms with Gasteiger partial charge < -0.3 is 4.74 Å². The maximum Gasteiger partial charge on any atom is 0.416 e. The van der Waals surface area contributed by atoms with E-state index >= 15 is 0 Å². The summed E-state index contributed by atoms with van der Waals surface area (Å²) < 4.78 is 346. The number of hydrogen-bond acceptors (Lipinski definition) is 2. The lowest BCUT2D eigenvalue weighted by Gasteiger charge is -2.46. The van der Waals surface area contributed by atoms with Crippen LogP contribution >= 0.6 is 0 Å². The highest BCUT2D eigenvalue weighted by Crippen LogP contribution is 2.42. The monoisotopic (exact) mass is 1310 g/mol. The van der Waals surface area contributed by atoms with Gasteiger partial charge in [-0.3, -0.25) is 0 Å². The van der Waals surface area contributed by atoms with Gasteiger partial charge >= 0.3 is 55.4 Å². The Kier molecular flexibility index (Phi) is 25.8. The number of unbranched alkanes of at least 4 members (excludes halogenated alkanes) is 15. The molecular weight excluding hydrogens is 1250 g/mol. The van der Waals surface area contributed by atoms with Gasteiger partial charge in [0.15, 0.2) is 0 Å². The van der Waals surface area contributed by atoms with Gasteiger partial charge in [-0.05, 0) is 53.7 Å². The molecular formula is C60H61BF24O2S. The Morgan fingerprint density at radius 1 is 0.341 bits per heavy atom. The lowest BCUT2D eigenvalue weighted by Crippen LogP contribution is -2.75. The maximum atomic E-state index is 14.2. The second-order valence-electron chi connectivity index (χ2n) is 21.5. The minimum absolute atomic E-state index is 0.181. The van der Waals surface area contributed by atoms with Crippen molar-refractivity contribution in [2.75, 3.05) is 19.1 Å². The third-order valence-electron chi connectivity index (χ3n) is 14.3. The van der Waals surface area contributed by atoms with Crippen molar-refractivity contribution in [3.63, 3.8) is 0 Å². The maximum absolute atomic E-state index is 14.2. The highest BCUT2D eigenvalue weighted by molar-refractivity contribution is 7.94. The van der Waals surface area contributed by atoms with Gasteiger partial charge in [0, 0.05) is 5.56 Å². The quantitative estimate of drug-likeness (QED) is 0.0202. The molecule has 0 saturated carbocycles. The fraction of sp³-hybridized carbons (Fsp3) is 0.483. The van der Waals surface area contributed by atoms with Crippen LogP contribution in [0.1, 0.15) is 170 Å². The largest absolute Gasteiger partial charge is 0.462 e. The van der Waals surface area contributed by atoms with Crippen LogP contribution in [0.15, 0.2) is 97.1 Å². The van der Waals surface area contributed by atoms with Crippen molar-refractivity contribution in [3.05, 3.63) is 153 Å². The Hall–Kier alpha value is -5.70. The molecule has 2 nitrogen and oxygen atoms in total.